The Bertz CT molecular complexity index is 474. The number of nitrogens with zero attached hydrogens (tertiary/aromatic N) is 1. The fraction of sp³-hybridized carbons (Fsp3) is 0.533. The molecular formula is C15H19FN2. The zero-order chi connectivity index (χ0) is 13.2. The van der Waals surface area contributed by atoms with Crippen LogP contribution in [0, 0.1) is 22.6 Å². The minimum Gasteiger partial charge on any atom is -0.310 e. The van der Waals surface area contributed by atoms with Crippen LogP contribution in [0.25, 0.3) is 0 Å². The van der Waals surface area contributed by atoms with Gasteiger partial charge in [-0.2, -0.15) is 5.26 Å². The maximum Gasteiger partial charge on any atom is 0.145 e. The van der Waals surface area contributed by atoms with Gasteiger partial charge in [0.25, 0.3) is 0 Å². The van der Waals surface area contributed by atoms with E-state index in [2.05, 4.69) is 19.2 Å². The summed E-state index contributed by atoms with van der Waals surface area (Å²) < 4.78 is 13.8. The summed E-state index contributed by atoms with van der Waals surface area (Å²) in [6.07, 6.45) is 3.49. The lowest BCUT2D eigenvalue weighted by atomic mass is 9.92. The van der Waals surface area contributed by atoms with E-state index in [1.807, 2.05) is 6.07 Å². The molecule has 1 fully saturated rings. The molecule has 1 unspecified atom stereocenters. The highest BCUT2D eigenvalue weighted by Crippen LogP contribution is 2.37. The predicted octanol–water partition coefficient (Wildman–Crippen LogP) is 3.37. The van der Waals surface area contributed by atoms with Gasteiger partial charge in [0, 0.05) is 18.2 Å². The lowest BCUT2D eigenvalue weighted by Crippen LogP contribution is -2.27. The molecule has 96 valence electrons. The van der Waals surface area contributed by atoms with Crippen LogP contribution in [0.3, 0.4) is 0 Å². The molecule has 1 aliphatic rings. The Balaban J connectivity index is 1.98. The van der Waals surface area contributed by atoms with Crippen molar-refractivity contribution in [3.8, 4) is 6.07 Å². The Kier molecular flexibility index (Phi) is 3.68. The van der Waals surface area contributed by atoms with Crippen LogP contribution in [0.5, 0.6) is 0 Å². The largest absolute Gasteiger partial charge is 0.310 e. The third kappa shape index (κ3) is 2.88. The number of rotatable bonds is 3. The molecule has 2 nitrogen and oxygen atoms in total. The average Bonchev–Trinajstić information content (AvgIpc) is 2.68. The molecule has 2 rings (SSSR count). The van der Waals surface area contributed by atoms with Gasteiger partial charge in [0.15, 0.2) is 0 Å². The summed E-state index contributed by atoms with van der Waals surface area (Å²) in [6.45, 7) is 5.04. The van der Waals surface area contributed by atoms with Crippen LogP contribution in [-0.2, 0) is 6.54 Å². The highest BCUT2D eigenvalue weighted by atomic mass is 19.1. The average molecular weight is 246 g/mol. The third-order valence-electron chi connectivity index (χ3n) is 3.75. The number of benzene rings is 1. The highest BCUT2D eigenvalue weighted by Gasteiger charge is 2.30. The van der Waals surface area contributed by atoms with Crippen molar-refractivity contribution in [2.75, 3.05) is 0 Å². The third-order valence-corrected chi connectivity index (χ3v) is 3.75. The standard InChI is InChI=1S/C15H19FN2/c1-15(2)7-6-13(8-15)18-10-12-5-3-4-11(9-17)14(12)16/h3-5,13,18H,6-8,10H2,1-2H3. The molecule has 0 aromatic heterocycles. The molecule has 3 heteroatoms. The second-order valence-electron chi connectivity index (χ2n) is 5.88. The smallest absolute Gasteiger partial charge is 0.145 e. The van der Waals surface area contributed by atoms with E-state index in [0.717, 1.165) is 12.8 Å². The van der Waals surface area contributed by atoms with Crippen molar-refractivity contribution in [2.45, 2.75) is 45.7 Å². The quantitative estimate of drug-likeness (QED) is 0.887. The van der Waals surface area contributed by atoms with Gasteiger partial charge >= 0.3 is 0 Å². The molecule has 1 aromatic carbocycles. The Morgan fingerprint density at radius 2 is 2.28 bits per heavy atom. The van der Waals surface area contributed by atoms with Crippen LogP contribution in [-0.4, -0.2) is 6.04 Å². The van der Waals surface area contributed by atoms with Crippen molar-refractivity contribution in [1.29, 1.82) is 5.26 Å². The van der Waals surface area contributed by atoms with Crippen molar-refractivity contribution in [1.82, 2.24) is 5.32 Å². The van der Waals surface area contributed by atoms with Gasteiger partial charge in [0.05, 0.1) is 5.56 Å². The summed E-state index contributed by atoms with van der Waals surface area (Å²) >= 11 is 0. The molecule has 1 N–H and O–H groups in total. The van der Waals surface area contributed by atoms with E-state index < -0.39 is 0 Å². The maximum atomic E-state index is 13.8. The van der Waals surface area contributed by atoms with Gasteiger partial charge in [-0.15, -0.1) is 0 Å². The van der Waals surface area contributed by atoms with Gasteiger partial charge < -0.3 is 5.32 Å². The van der Waals surface area contributed by atoms with Gasteiger partial charge in [-0.05, 0) is 30.7 Å². The summed E-state index contributed by atoms with van der Waals surface area (Å²) in [6, 6.07) is 7.32. The molecular weight excluding hydrogens is 227 g/mol. The summed E-state index contributed by atoms with van der Waals surface area (Å²) in [4.78, 5) is 0. The molecule has 0 radical (unpaired) electrons. The number of hydrogen-bond acceptors (Lipinski definition) is 2. The van der Waals surface area contributed by atoms with Crippen LogP contribution in [0.1, 0.15) is 44.2 Å². The first-order valence-corrected chi connectivity index (χ1v) is 6.43. The van der Waals surface area contributed by atoms with Gasteiger partial charge in [-0.3, -0.25) is 0 Å². The van der Waals surface area contributed by atoms with E-state index in [1.54, 1.807) is 12.1 Å². The van der Waals surface area contributed by atoms with Crippen molar-refractivity contribution >= 4 is 0 Å². The Morgan fingerprint density at radius 1 is 1.50 bits per heavy atom. The van der Waals surface area contributed by atoms with Crippen LogP contribution in [0.2, 0.25) is 0 Å². The Morgan fingerprint density at radius 3 is 2.89 bits per heavy atom. The predicted molar refractivity (Wildman–Crippen MR) is 69.4 cm³/mol. The molecule has 1 aliphatic carbocycles. The molecule has 0 bridgehead atoms. The SMILES string of the molecule is CC1(C)CCC(NCc2cccc(C#N)c2F)C1. The molecule has 0 amide bonds. The molecule has 0 spiro atoms. The van der Waals surface area contributed by atoms with Crippen molar-refractivity contribution in [3.05, 3.63) is 35.1 Å². The first kappa shape index (κ1) is 13.0. The summed E-state index contributed by atoms with van der Waals surface area (Å²) in [7, 11) is 0. The fourth-order valence-corrected chi connectivity index (χ4v) is 2.67. The van der Waals surface area contributed by atoms with E-state index in [0.29, 0.717) is 23.6 Å². The van der Waals surface area contributed by atoms with E-state index >= 15 is 0 Å². The first-order valence-electron chi connectivity index (χ1n) is 6.43. The minimum atomic E-state index is -0.384. The number of halogens is 1. The number of hydrogen-bond donors (Lipinski definition) is 1. The van der Waals surface area contributed by atoms with E-state index in [-0.39, 0.29) is 11.4 Å². The summed E-state index contributed by atoms with van der Waals surface area (Å²) in [5, 5.41) is 12.2. The zero-order valence-corrected chi connectivity index (χ0v) is 11.0. The van der Waals surface area contributed by atoms with E-state index in [9.17, 15) is 4.39 Å². The summed E-state index contributed by atoms with van der Waals surface area (Å²) in [5.74, 6) is -0.384. The highest BCUT2D eigenvalue weighted by molar-refractivity contribution is 5.34. The van der Waals surface area contributed by atoms with Gasteiger partial charge in [-0.1, -0.05) is 26.0 Å². The van der Waals surface area contributed by atoms with E-state index in [4.69, 9.17) is 5.26 Å². The lowest BCUT2D eigenvalue weighted by molar-refractivity contribution is 0.363. The summed E-state index contributed by atoms with van der Waals surface area (Å²) in [5.41, 5.74) is 1.10. The zero-order valence-electron chi connectivity index (χ0n) is 11.0. The van der Waals surface area contributed by atoms with Crippen LogP contribution >= 0.6 is 0 Å². The Hall–Kier alpha value is -1.40. The van der Waals surface area contributed by atoms with Crippen LogP contribution in [0.4, 0.5) is 4.39 Å². The van der Waals surface area contributed by atoms with Gasteiger partial charge in [-0.25, -0.2) is 4.39 Å². The van der Waals surface area contributed by atoms with Crippen LogP contribution in [0.15, 0.2) is 18.2 Å². The van der Waals surface area contributed by atoms with Crippen molar-refractivity contribution in [3.63, 3.8) is 0 Å². The van der Waals surface area contributed by atoms with Crippen LogP contribution < -0.4 is 5.32 Å². The normalized spacial score (nSPS) is 21.8. The number of nitriles is 1. The molecule has 0 aliphatic heterocycles. The van der Waals surface area contributed by atoms with Crippen molar-refractivity contribution in [2.24, 2.45) is 5.41 Å². The van der Waals surface area contributed by atoms with Gasteiger partial charge in [0.2, 0.25) is 0 Å². The molecule has 18 heavy (non-hydrogen) atoms. The lowest BCUT2D eigenvalue weighted by Gasteiger charge is -2.18. The minimum absolute atomic E-state index is 0.126. The second kappa shape index (κ2) is 5.07. The topological polar surface area (TPSA) is 35.8 Å². The molecule has 0 heterocycles. The Labute approximate surface area is 108 Å². The molecule has 1 atom stereocenters. The molecule has 1 aromatic rings. The van der Waals surface area contributed by atoms with E-state index in [1.165, 1.54) is 12.5 Å². The first-order chi connectivity index (χ1) is 8.52. The monoisotopic (exact) mass is 246 g/mol. The second-order valence-corrected chi connectivity index (χ2v) is 5.88. The van der Waals surface area contributed by atoms with Crippen molar-refractivity contribution < 1.29 is 4.39 Å². The number of nitrogens with one attached hydrogen (secondary N) is 1. The maximum absolute atomic E-state index is 13.8. The molecule has 0 saturated heterocycles. The van der Waals surface area contributed by atoms with Gasteiger partial charge in [0.1, 0.15) is 11.9 Å². The molecule has 1 saturated carbocycles. The fourth-order valence-electron chi connectivity index (χ4n) is 2.67.